The van der Waals surface area contributed by atoms with Gasteiger partial charge in [0.15, 0.2) is 5.96 Å². The molecule has 144 valence electrons. The maximum Gasteiger partial charge on any atom is 0.341 e. The lowest BCUT2D eigenvalue weighted by Crippen LogP contribution is -2.47. The Morgan fingerprint density at radius 2 is 2.15 bits per heavy atom. The topological polar surface area (TPSA) is 81.2 Å². The van der Waals surface area contributed by atoms with E-state index in [0.29, 0.717) is 30.0 Å². The number of carbonyl (C=O) groups is 1. The Labute approximate surface area is 170 Å². The highest BCUT2D eigenvalue weighted by Gasteiger charge is 2.41. The first-order valence-electron chi connectivity index (χ1n) is 8.52. The number of halogens is 1. The average molecular weight is 475 g/mol. The van der Waals surface area contributed by atoms with Gasteiger partial charge in [-0.1, -0.05) is 6.07 Å². The van der Waals surface area contributed by atoms with E-state index in [1.165, 1.54) is 14.2 Å². The Bertz CT molecular complexity index is 668. The number of guanidine groups is 1. The second-order valence-electron chi connectivity index (χ2n) is 6.31. The van der Waals surface area contributed by atoms with Crippen LogP contribution in [0.15, 0.2) is 23.2 Å². The molecule has 0 aliphatic carbocycles. The third kappa shape index (κ3) is 4.59. The van der Waals surface area contributed by atoms with E-state index in [0.717, 1.165) is 30.8 Å². The van der Waals surface area contributed by atoms with Crippen LogP contribution >= 0.6 is 24.0 Å². The maximum atomic E-state index is 11.9. The zero-order chi connectivity index (χ0) is 17.8. The Kier molecular flexibility index (Phi) is 7.51. The van der Waals surface area contributed by atoms with Gasteiger partial charge in [0.25, 0.3) is 0 Å². The monoisotopic (exact) mass is 475 g/mol. The van der Waals surface area contributed by atoms with Crippen molar-refractivity contribution in [3.05, 3.63) is 29.3 Å². The summed E-state index contributed by atoms with van der Waals surface area (Å²) in [7, 11) is 4.63. The van der Waals surface area contributed by atoms with Gasteiger partial charge in [0.1, 0.15) is 11.3 Å². The smallest absolute Gasteiger partial charge is 0.341 e. The van der Waals surface area contributed by atoms with Crippen LogP contribution < -0.4 is 15.4 Å². The van der Waals surface area contributed by atoms with Gasteiger partial charge in [-0.2, -0.15) is 0 Å². The number of carbonyl (C=O) groups excluding carboxylic acids is 1. The van der Waals surface area contributed by atoms with Crippen molar-refractivity contribution in [3.63, 3.8) is 0 Å². The lowest BCUT2D eigenvalue weighted by Gasteiger charge is -2.22. The number of esters is 1. The van der Waals surface area contributed by atoms with Crippen molar-refractivity contribution >= 4 is 35.9 Å². The van der Waals surface area contributed by atoms with E-state index >= 15 is 0 Å². The molecule has 2 heterocycles. The number of methoxy groups -OCH3 is 2. The average Bonchev–Trinajstić information content (AvgIpc) is 3.27. The van der Waals surface area contributed by atoms with Crippen molar-refractivity contribution in [2.24, 2.45) is 4.99 Å². The van der Waals surface area contributed by atoms with Crippen LogP contribution in [0.5, 0.6) is 5.75 Å². The highest BCUT2D eigenvalue weighted by atomic mass is 127. The van der Waals surface area contributed by atoms with E-state index in [2.05, 4.69) is 15.6 Å². The van der Waals surface area contributed by atoms with Gasteiger partial charge in [0.05, 0.1) is 32.5 Å². The van der Waals surface area contributed by atoms with Crippen LogP contribution in [0.1, 0.15) is 35.2 Å². The molecule has 3 rings (SSSR count). The highest BCUT2D eigenvalue weighted by Crippen LogP contribution is 2.34. The molecule has 2 bridgehead atoms. The number of hydrogen-bond donors (Lipinski definition) is 2. The zero-order valence-electron chi connectivity index (χ0n) is 15.3. The first-order valence-corrected chi connectivity index (χ1v) is 8.52. The van der Waals surface area contributed by atoms with Gasteiger partial charge in [-0.25, -0.2) is 4.79 Å². The van der Waals surface area contributed by atoms with Gasteiger partial charge in [-0.15, -0.1) is 24.0 Å². The van der Waals surface area contributed by atoms with E-state index in [-0.39, 0.29) is 30.1 Å². The Hall–Kier alpha value is -1.55. The molecule has 3 unspecified atom stereocenters. The van der Waals surface area contributed by atoms with Gasteiger partial charge in [-0.05, 0) is 37.0 Å². The van der Waals surface area contributed by atoms with Gasteiger partial charge in [0, 0.05) is 13.6 Å². The van der Waals surface area contributed by atoms with Crippen LogP contribution in [0.2, 0.25) is 0 Å². The molecule has 0 saturated carbocycles. The molecule has 0 spiro atoms. The number of rotatable bonds is 5. The molecule has 0 aromatic heterocycles. The minimum Gasteiger partial charge on any atom is -0.496 e. The Morgan fingerprint density at radius 1 is 1.35 bits per heavy atom. The minimum absolute atomic E-state index is 0. The fraction of sp³-hybridized carbons (Fsp3) is 0.556. The summed E-state index contributed by atoms with van der Waals surface area (Å²) >= 11 is 0. The molecule has 2 saturated heterocycles. The lowest BCUT2D eigenvalue weighted by molar-refractivity contribution is 0.0597. The van der Waals surface area contributed by atoms with E-state index in [9.17, 15) is 4.79 Å². The molecule has 3 atom stereocenters. The second-order valence-corrected chi connectivity index (χ2v) is 6.31. The highest BCUT2D eigenvalue weighted by molar-refractivity contribution is 14.0. The van der Waals surface area contributed by atoms with Gasteiger partial charge in [0.2, 0.25) is 0 Å². The predicted octanol–water partition coefficient (Wildman–Crippen LogP) is 2.08. The molecule has 1 aromatic carbocycles. The summed E-state index contributed by atoms with van der Waals surface area (Å²) in [6.45, 7) is 0.537. The predicted molar refractivity (Wildman–Crippen MR) is 109 cm³/mol. The molecule has 1 aromatic rings. The second kappa shape index (κ2) is 9.40. The van der Waals surface area contributed by atoms with Crippen LogP contribution in [0, 0.1) is 0 Å². The van der Waals surface area contributed by atoms with Gasteiger partial charge in [-0.3, -0.25) is 4.99 Å². The number of fused-ring (bicyclic) bond motifs is 2. The van der Waals surface area contributed by atoms with Crippen LogP contribution in [0.25, 0.3) is 0 Å². The van der Waals surface area contributed by atoms with E-state index in [4.69, 9.17) is 14.2 Å². The van der Waals surface area contributed by atoms with Crippen molar-refractivity contribution in [2.45, 2.75) is 44.1 Å². The van der Waals surface area contributed by atoms with Crippen molar-refractivity contribution < 1.29 is 19.0 Å². The van der Waals surface area contributed by atoms with Gasteiger partial charge < -0.3 is 24.8 Å². The molecule has 8 heteroatoms. The van der Waals surface area contributed by atoms with Crippen LogP contribution in [-0.2, 0) is 16.0 Å². The molecule has 2 fully saturated rings. The number of aliphatic imine (C=N–C) groups is 1. The Balaban J connectivity index is 0.00000243. The van der Waals surface area contributed by atoms with Crippen molar-refractivity contribution in [2.75, 3.05) is 21.3 Å². The molecule has 0 amide bonds. The molecular weight excluding hydrogens is 449 g/mol. The van der Waals surface area contributed by atoms with E-state index in [1.807, 2.05) is 6.07 Å². The van der Waals surface area contributed by atoms with Crippen molar-refractivity contribution in [1.82, 2.24) is 10.6 Å². The summed E-state index contributed by atoms with van der Waals surface area (Å²) in [4.78, 5) is 16.2. The fourth-order valence-corrected chi connectivity index (χ4v) is 3.48. The van der Waals surface area contributed by atoms with Crippen molar-refractivity contribution in [1.29, 1.82) is 0 Å². The largest absolute Gasteiger partial charge is 0.496 e. The molecular formula is C18H26IN3O4. The van der Waals surface area contributed by atoms with Crippen LogP contribution in [-0.4, -0.2) is 51.4 Å². The number of ether oxygens (including phenoxy) is 3. The van der Waals surface area contributed by atoms with Crippen LogP contribution in [0.4, 0.5) is 0 Å². The Morgan fingerprint density at radius 3 is 2.73 bits per heavy atom. The standard InChI is InChI=1S/C18H25N3O4.HI/c1-19-18(21-14-9-12-5-7-16(14)25-12)20-10-11-4-6-15(23-2)13(8-11)17(22)24-3;/h4,6,8,12,14,16H,5,7,9-10H2,1-3H3,(H2,19,20,21);1H. The summed E-state index contributed by atoms with van der Waals surface area (Å²) in [5.41, 5.74) is 1.35. The van der Waals surface area contributed by atoms with E-state index < -0.39 is 5.97 Å². The normalized spacial score (nSPS) is 24.0. The minimum atomic E-state index is -0.416. The number of nitrogens with one attached hydrogen (secondary N) is 2. The molecule has 26 heavy (non-hydrogen) atoms. The summed E-state index contributed by atoms with van der Waals surface area (Å²) < 4.78 is 15.9. The first-order chi connectivity index (χ1) is 12.1. The SMILES string of the molecule is CN=C(NCc1ccc(OC)c(C(=O)OC)c1)NC1CC2CCC1O2.I. The third-order valence-electron chi connectivity index (χ3n) is 4.78. The first kappa shape index (κ1) is 20.8. The number of hydrogen-bond acceptors (Lipinski definition) is 5. The summed E-state index contributed by atoms with van der Waals surface area (Å²) in [6, 6.07) is 5.76. The summed E-state index contributed by atoms with van der Waals surface area (Å²) in [5, 5.41) is 6.72. The zero-order valence-corrected chi connectivity index (χ0v) is 17.6. The molecule has 2 N–H and O–H groups in total. The molecule has 0 radical (unpaired) electrons. The lowest BCUT2D eigenvalue weighted by atomic mass is 9.96. The summed E-state index contributed by atoms with van der Waals surface area (Å²) in [6.07, 6.45) is 3.98. The summed E-state index contributed by atoms with van der Waals surface area (Å²) in [5.74, 6) is 0.814. The third-order valence-corrected chi connectivity index (χ3v) is 4.78. The fourth-order valence-electron chi connectivity index (χ4n) is 3.48. The molecule has 2 aliphatic rings. The molecule has 2 aliphatic heterocycles. The van der Waals surface area contributed by atoms with E-state index in [1.54, 1.807) is 19.2 Å². The van der Waals surface area contributed by atoms with Crippen molar-refractivity contribution in [3.8, 4) is 5.75 Å². The van der Waals surface area contributed by atoms with Crippen LogP contribution in [0.3, 0.4) is 0 Å². The number of nitrogens with zero attached hydrogens (tertiary/aromatic N) is 1. The molecule has 7 nitrogen and oxygen atoms in total. The maximum absolute atomic E-state index is 11.9. The quantitative estimate of drug-likeness (QED) is 0.294. The number of benzene rings is 1. The van der Waals surface area contributed by atoms with Gasteiger partial charge >= 0.3 is 5.97 Å².